The molecule has 5 atom stereocenters. The normalized spacial score (nSPS) is 26.7. The first-order valence-corrected chi connectivity index (χ1v) is 10.7. The molecule has 1 rings (SSSR count). The van der Waals surface area contributed by atoms with Crippen molar-refractivity contribution in [3.63, 3.8) is 0 Å². The van der Waals surface area contributed by atoms with Crippen molar-refractivity contribution in [1.82, 2.24) is 0 Å². The summed E-state index contributed by atoms with van der Waals surface area (Å²) in [5, 5.41) is 0. The number of esters is 4. The van der Waals surface area contributed by atoms with Gasteiger partial charge in [0.05, 0.1) is 29.5 Å². The van der Waals surface area contributed by atoms with Crippen LogP contribution in [0.1, 0.15) is 69.2 Å². The van der Waals surface area contributed by atoms with Gasteiger partial charge in [0.2, 0.25) is 0 Å². The highest BCUT2D eigenvalue weighted by atomic mass is 16.7. The van der Waals surface area contributed by atoms with Crippen LogP contribution < -0.4 is 0 Å². The summed E-state index contributed by atoms with van der Waals surface area (Å²) >= 11 is 0. The van der Waals surface area contributed by atoms with Crippen LogP contribution in [-0.4, -0.2) is 61.5 Å². The molecule has 0 saturated carbocycles. The van der Waals surface area contributed by atoms with Crippen molar-refractivity contribution in [2.24, 2.45) is 16.2 Å². The molecule has 1 heterocycles. The number of rotatable bonds is 4. The van der Waals surface area contributed by atoms with Gasteiger partial charge >= 0.3 is 23.9 Å². The maximum absolute atomic E-state index is 12.8. The standard InChI is InChI=1S/C23H38O9/c1-12-13(30-18(25)21(2,3)4)14(31-19(26)22(5,6)7)15(16(29-12)17(24)28-11)32-20(27)23(8,9)10/h12-16H,1-11H3. The lowest BCUT2D eigenvalue weighted by Crippen LogP contribution is -2.63. The van der Waals surface area contributed by atoms with Crippen molar-refractivity contribution in [3.8, 4) is 0 Å². The Morgan fingerprint density at radius 3 is 1.31 bits per heavy atom. The third-order valence-electron chi connectivity index (χ3n) is 4.77. The van der Waals surface area contributed by atoms with Crippen molar-refractivity contribution in [2.45, 2.75) is 99.8 Å². The molecular weight excluding hydrogens is 420 g/mol. The molecule has 1 fully saturated rings. The number of hydrogen-bond acceptors (Lipinski definition) is 9. The number of hydrogen-bond donors (Lipinski definition) is 0. The van der Waals surface area contributed by atoms with E-state index in [2.05, 4.69) is 0 Å². The van der Waals surface area contributed by atoms with E-state index >= 15 is 0 Å². The van der Waals surface area contributed by atoms with Gasteiger partial charge < -0.3 is 23.7 Å². The fourth-order valence-corrected chi connectivity index (χ4v) is 2.65. The first-order chi connectivity index (χ1) is 14.3. The van der Waals surface area contributed by atoms with E-state index in [4.69, 9.17) is 23.7 Å². The summed E-state index contributed by atoms with van der Waals surface area (Å²) in [5.41, 5.74) is -2.67. The van der Waals surface area contributed by atoms with Gasteiger partial charge in [-0.05, 0) is 69.2 Å². The van der Waals surface area contributed by atoms with Crippen LogP contribution in [0.15, 0.2) is 0 Å². The molecule has 0 aromatic rings. The molecule has 0 spiro atoms. The van der Waals surface area contributed by atoms with Gasteiger partial charge in [0.25, 0.3) is 0 Å². The fourth-order valence-electron chi connectivity index (χ4n) is 2.65. The highest BCUT2D eigenvalue weighted by Crippen LogP contribution is 2.33. The lowest BCUT2D eigenvalue weighted by atomic mass is 9.91. The van der Waals surface area contributed by atoms with E-state index in [1.54, 1.807) is 69.2 Å². The molecule has 0 amide bonds. The van der Waals surface area contributed by atoms with Crippen LogP contribution in [0, 0.1) is 16.2 Å². The quantitative estimate of drug-likeness (QED) is 0.463. The molecular formula is C23H38O9. The maximum Gasteiger partial charge on any atom is 0.339 e. The van der Waals surface area contributed by atoms with Crippen LogP contribution in [-0.2, 0) is 42.9 Å². The summed E-state index contributed by atoms with van der Waals surface area (Å²) in [6.07, 6.45) is -6.01. The Labute approximate surface area is 190 Å². The van der Waals surface area contributed by atoms with E-state index < -0.39 is 70.6 Å². The molecule has 1 aliphatic heterocycles. The predicted molar refractivity (Wildman–Crippen MR) is 114 cm³/mol. The zero-order valence-corrected chi connectivity index (χ0v) is 21.1. The molecule has 0 radical (unpaired) electrons. The van der Waals surface area contributed by atoms with E-state index in [0.717, 1.165) is 0 Å². The zero-order valence-electron chi connectivity index (χ0n) is 21.1. The average Bonchev–Trinajstić information content (AvgIpc) is 2.62. The second-order valence-electron chi connectivity index (χ2n) is 11.1. The van der Waals surface area contributed by atoms with Gasteiger partial charge in [-0.3, -0.25) is 14.4 Å². The van der Waals surface area contributed by atoms with Crippen molar-refractivity contribution in [2.75, 3.05) is 7.11 Å². The number of carbonyl (C=O) groups excluding carboxylic acids is 4. The predicted octanol–water partition coefficient (Wildman–Crippen LogP) is 2.82. The summed E-state index contributed by atoms with van der Waals surface area (Å²) in [6.45, 7) is 16.5. The average molecular weight is 459 g/mol. The second kappa shape index (κ2) is 9.77. The van der Waals surface area contributed by atoms with Crippen LogP contribution >= 0.6 is 0 Å². The third-order valence-corrected chi connectivity index (χ3v) is 4.77. The van der Waals surface area contributed by atoms with Crippen LogP contribution in [0.4, 0.5) is 0 Å². The van der Waals surface area contributed by atoms with Gasteiger partial charge in [0, 0.05) is 0 Å². The Bertz CT molecular complexity index is 721. The Morgan fingerprint density at radius 2 is 0.969 bits per heavy atom. The van der Waals surface area contributed by atoms with Crippen LogP contribution in [0.2, 0.25) is 0 Å². The molecule has 0 aliphatic carbocycles. The number of methoxy groups -OCH3 is 1. The first-order valence-electron chi connectivity index (χ1n) is 10.7. The largest absolute Gasteiger partial charge is 0.467 e. The Hall–Kier alpha value is -2.16. The van der Waals surface area contributed by atoms with E-state index in [9.17, 15) is 19.2 Å². The highest BCUT2D eigenvalue weighted by molar-refractivity contribution is 5.80. The van der Waals surface area contributed by atoms with Gasteiger partial charge in [0.1, 0.15) is 0 Å². The van der Waals surface area contributed by atoms with Gasteiger partial charge in [-0.15, -0.1) is 0 Å². The van der Waals surface area contributed by atoms with Crippen LogP contribution in [0.3, 0.4) is 0 Å². The molecule has 5 unspecified atom stereocenters. The molecule has 0 aromatic carbocycles. The lowest BCUT2D eigenvalue weighted by Gasteiger charge is -2.44. The minimum Gasteiger partial charge on any atom is -0.467 e. The molecule has 9 heteroatoms. The Balaban J connectivity index is 3.51. The number of ether oxygens (including phenoxy) is 5. The van der Waals surface area contributed by atoms with E-state index in [1.165, 1.54) is 7.11 Å². The van der Waals surface area contributed by atoms with Gasteiger partial charge in [0.15, 0.2) is 24.4 Å². The fraction of sp³-hybridized carbons (Fsp3) is 0.826. The van der Waals surface area contributed by atoms with Gasteiger partial charge in [-0.25, -0.2) is 4.79 Å². The topological polar surface area (TPSA) is 114 Å². The Morgan fingerprint density at radius 1 is 0.625 bits per heavy atom. The maximum atomic E-state index is 12.8. The molecule has 0 aromatic heterocycles. The summed E-state index contributed by atoms with van der Waals surface area (Å²) in [4.78, 5) is 50.6. The van der Waals surface area contributed by atoms with E-state index in [-0.39, 0.29) is 0 Å². The van der Waals surface area contributed by atoms with Crippen molar-refractivity contribution < 1.29 is 42.9 Å². The summed E-state index contributed by atoms with van der Waals surface area (Å²) in [6, 6.07) is 0. The van der Waals surface area contributed by atoms with Crippen molar-refractivity contribution >= 4 is 23.9 Å². The lowest BCUT2D eigenvalue weighted by molar-refractivity contribution is -0.252. The molecule has 1 aliphatic rings. The summed E-state index contributed by atoms with van der Waals surface area (Å²) in [5.74, 6) is -2.63. The molecule has 184 valence electrons. The van der Waals surface area contributed by atoms with Crippen LogP contribution in [0.5, 0.6) is 0 Å². The van der Waals surface area contributed by atoms with Crippen molar-refractivity contribution in [3.05, 3.63) is 0 Å². The Kier molecular flexibility index (Phi) is 8.51. The minimum atomic E-state index is -1.38. The first kappa shape index (κ1) is 27.9. The molecule has 0 N–H and O–H groups in total. The molecule has 1 saturated heterocycles. The third kappa shape index (κ3) is 6.92. The smallest absolute Gasteiger partial charge is 0.339 e. The summed E-state index contributed by atoms with van der Waals surface area (Å²) in [7, 11) is 1.17. The number of carbonyl (C=O) groups is 4. The minimum absolute atomic E-state index is 0.563. The molecule has 9 nitrogen and oxygen atoms in total. The highest BCUT2D eigenvalue weighted by Gasteiger charge is 2.55. The zero-order chi connectivity index (χ0) is 25.2. The second-order valence-corrected chi connectivity index (χ2v) is 11.1. The molecule has 0 bridgehead atoms. The van der Waals surface area contributed by atoms with Crippen molar-refractivity contribution in [1.29, 1.82) is 0 Å². The monoisotopic (exact) mass is 458 g/mol. The van der Waals surface area contributed by atoms with E-state index in [1.807, 2.05) is 0 Å². The van der Waals surface area contributed by atoms with Crippen LogP contribution in [0.25, 0.3) is 0 Å². The summed E-state index contributed by atoms with van der Waals surface area (Å²) < 4.78 is 27.6. The van der Waals surface area contributed by atoms with Gasteiger partial charge in [-0.2, -0.15) is 0 Å². The van der Waals surface area contributed by atoms with E-state index in [0.29, 0.717) is 0 Å². The molecule has 32 heavy (non-hydrogen) atoms. The van der Waals surface area contributed by atoms with Gasteiger partial charge in [-0.1, -0.05) is 0 Å². The SMILES string of the molecule is COC(=O)C1OC(C)C(OC(=O)C(C)(C)C)C(OC(=O)C(C)(C)C)C1OC(=O)C(C)(C)C.